The summed E-state index contributed by atoms with van der Waals surface area (Å²) in [5.41, 5.74) is 1.30. The van der Waals surface area contributed by atoms with E-state index in [1.54, 1.807) is 24.5 Å². The van der Waals surface area contributed by atoms with Gasteiger partial charge in [-0.1, -0.05) is 0 Å². The van der Waals surface area contributed by atoms with E-state index in [2.05, 4.69) is 15.1 Å². The fourth-order valence-corrected chi connectivity index (χ4v) is 1.60. The molecule has 0 aromatic carbocycles. The van der Waals surface area contributed by atoms with E-state index in [-0.39, 0.29) is 5.69 Å². The third kappa shape index (κ3) is 1.67. The molecule has 3 aromatic rings. The van der Waals surface area contributed by atoms with Gasteiger partial charge in [-0.2, -0.15) is 0 Å². The van der Waals surface area contributed by atoms with Crippen LogP contribution in [0.25, 0.3) is 17.0 Å². The van der Waals surface area contributed by atoms with Gasteiger partial charge < -0.3 is 0 Å². The van der Waals surface area contributed by atoms with Crippen molar-refractivity contribution in [2.45, 2.75) is 0 Å². The van der Waals surface area contributed by atoms with E-state index in [1.807, 2.05) is 6.07 Å². The third-order valence-electron chi connectivity index (χ3n) is 2.45. The largest absolute Gasteiger partial charge is 0.287 e. The van der Waals surface area contributed by atoms with Gasteiger partial charge in [-0.25, -0.2) is 9.50 Å². The van der Waals surface area contributed by atoms with Crippen molar-refractivity contribution in [3.63, 3.8) is 0 Å². The first kappa shape index (κ1) is 10.3. The summed E-state index contributed by atoms with van der Waals surface area (Å²) in [4.78, 5) is 18.4. The molecule has 0 radical (unpaired) electrons. The van der Waals surface area contributed by atoms with Gasteiger partial charge in [0.25, 0.3) is 5.69 Å². The van der Waals surface area contributed by atoms with Gasteiger partial charge in [-0.3, -0.25) is 15.1 Å². The summed E-state index contributed by atoms with van der Waals surface area (Å²) < 4.78 is 1.39. The fraction of sp³-hybridized carbons (Fsp3) is 0. The van der Waals surface area contributed by atoms with Crippen molar-refractivity contribution in [2.75, 3.05) is 0 Å². The van der Waals surface area contributed by atoms with Crippen LogP contribution < -0.4 is 0 Å². The lowest BCUT2D eigenvalue weighted by molar-refractivity contribution is -0.385. The van der Waals surface area contributed by atoms with Crippen LogP contribution in [0, 0.1) is 10.1 Å². The van der Waals surface area contributed by atoms with Crippen molar-refractivity contribution in [3.8, 4) is 11.4 Å². The van der Waals surface area contributed by atoms with Gasteiger partial charge in [0.15, 0.2) is 11.5 Å². The van der Waals surface area contributed by atoms with Crippen molar-refractivity contribution >= 4 is 11.3 Å². The second-order valence-corrected chi connectivity index (χ2v) is 3.62. The van der Waals surface area contributed by atoms with Gasteiger partial charge in [0, 0.05) is 24.0 Å². The van der Waals surface area contributed by atoms with E-state index < -0.39 is 4.92 Å². The maximum absolute atomic E-state index is 10.7. The van der Waals surface area contributed by atoms with Crippen molar-refractivity contribution in [2.24, 2.45) is 0 Å². The monoisotopic (exact) mass is 241 g/mol. The Morgan fingerprint density at radius 3 is 2.89 bits per heavy atom. The van der Waals surface area contributed by atoms with Gasteiger partial charge in [0.1, 0.15) is 6.20 Å². The molecule has 0 amide bonds. The molecule has 7 heteroatoms. The van der Waals surface area contributed by atoms with Gasteiger partial charge in [0.05, 0.1) is 4.92 Å². The van der Waals surface area contributed by atoms with Gasteiger partial charge in [-0.15, -0.1) is 5.10 Å². The Bertz CT molecular complexity index is 723. The van der Waals surface area contributed by atoms with Gasteiger partial charge in [-0.05, 0) is 18.2 Å². The molecule has 7 nitrogen and oxygen atoms in total. The molecule has 0 bridgehead atoms. The molecule has 0 unspecified atom stereocenters. The molecule has 0 N–H and O–H groups in total. The molecule has 0 saturated carbocycles. The number of fused-ring (bicyclic) bond motifs is 1. The van der Waals surface area contributed by atoms with Crippen LogP contribution in [0.3, 0.4) is 0 Å². The van der Waals surface area contributed by atoms with E-state index >= 15 is 0 Å². The quantitative estimate of drug-likeness (QED) is 0.503. The molecule has 88 valence electrons. The minimum absolute atomic E-state index is 0.0230. The van der Waals surface area contributed by atoms with Crippen molar-refractivity contribution in [1.82, 2.24) is 19.6 Å². The summed E-state index contributed by atoms with van der Waals surface area (Å²) in [5.74, 6) is 0.489. The molecule has 0 fully saturated rings. The highest BCUT2D eigenvalue weighted by Gasteiger charge is 2.10. The minimum Gasteiger partial charge on any atom is -0.264 e. The molecule has 0 spiro atoms. The molecule has 0 aliphatic carbocycles. The number of aromatic nitrogens is 4. The Morgan fingerprint density at radius 2 is 2.17 bits per heavy atom. The van der Waals surface area contributed by atoms with Crippen LogP contribution >= 0.6 is 0 Å². The van der Waals surface area contributed by atoms with Crippen LogP contribution in [0.4, 0.5) is 5.69 Å². The Hall–Kier alpha value is -2.83. The Labute approximate surface area is 101 Å². The zero-order valence-electron chi connectivity index (χ0n) is 9.09. The van der Waals surface area contributed by atoms with Gasteiger partial charge in [0.2, 0.25) is 0 Å². The minimum atomic E-state index is -0.467. The number of nitrogens with zero attached hydrogens (tertiary/aromatic N) is 5. The third-order valence-corrected chi connectivity index (χ3v) is 2.45. The first-order valence-electron chi connectivity index (χ1n) is 5.15. The average Bonchev–Trinajstić information content (AvgIpc) is 2.82. The van der Waals surface area contributed by atoms with Crippen molar-refractivity contribution in [1.29, 1.82) is 0 Å². The molecule has 3 heterocycles. The summed E-state index contributed by atoms with van der Waals surface area (Å²) in [5, 5.41) is 14.8. The smallest absolute Gasteiger partial charge is 0.264 e. The van der Waals surface area contributed by atoms with E-state index in [4.69, 9.17) is 0 Å². The summed E-state index contributed by atoms with van der Waals surface area (Å²) in [6.07, 6.45) is 4.63. The molecule has 0 aliphatic rings. The lowest BCUT2D eigenvalue weighted by Crippen LogP contribution is -1.92. The van der Waals surface area contributed by atoms with E-state index in [1.165, 1.54) is 16.8 Å². The number of nitro groups is 1. The molecular weight excluding hydrogens is 234 g/mol. The van der Waals surface area contributed by atoms with Crippen LogP contribution in [0.1, 0.15) is 0 Å². The normalized spacial score (nSPS) is 10.7. The highest BCUT2D eigenvalue weighted by molar-refractivity contribution is 5.57. The molecule has 18 heavy (non-hydrogen) atoms. The lowest BCUT2D eigenvalue weighted by atomic mass is 10.3. The molecule has 3 aromatic heterocycles. The Morgan fingerprint density at radius 1 is 1.28 bits per heavy atom. The lowest BCUT2D eigenvalue weighted by Gasteiger charge is -1.91. The topological polar surface area (TPSA) is 86.2 Å². The molecule has 0 atom stereocenters. The van der Waals surface area contributed by atoms with Crippen LogP contribution in [-0.2, 0) is 0 Å². The van der Waals surface area contributed by atoms with Crippen LogP contribution in [0.15, 0.2) is 42.9 Å². The average molecular weight is 241 g/mol. The van der Waals surface area contributed by atoms with E-state index in [0.29, 0.717) is 11.5 Å². The van der Waals surface area contributed by atoms with Crippen LogP contribution in [0.5, 0.6) is 0 Å². The van der Waals surface area contributed by atoms with Crippen molar-refractivity contribution in [3.05, 3.63) is 53.0 Å². The van der Waals surface area contributed by atoms with Crippen molar-refractivity contribution < 1.29 is 4.92 Å². The predicted octanol–water partition coefficient (Wildman–Crippen LogP) is 1.70. The summed E-state index contributed by atoms with van der Waals surface area (Å²) in [6.45, 7) is 0. The first-order chi connectivity index (χ1) is 8.74. The van der Waals surface area contributed by atoms with Crippen LogP contribution in [0.2, 0.25) is 0 Å². The molecular formula is C11H7N5O2. The highest BCUT2D eigenvalue weighted by Crippen LogP contribution is 2.17. The second-order valence-electron chi connectivity index (χ2n) is 3.62. The summed E-state index contributed by atoms with van der Waals surface area (Å²) >= 11 is 0. The van der Waals surface area contributed by atoms with E-state index in [9.17, 15) is 10.1 Å². The number of hydrogen-bond acceptors (Lipinski definition) is 5. The second kappa shape index (κ2) is 3.88. The zero-order valence-corrected chi connectivity index (χ0v) is 9.09. The number of pyridine rings is 2. The summed E-state index contributed by atoms with van der Waals surface area (Å²) in [6, 6.07) is 6.57. The highest BCUT2D eigenvalue weighted by atomic mass is 16.6. The molecule has 3 rings (SSSR count). The summed E-state index contributed by atoms with van der Waals surface area (Å²) in [7, 11) is 0. The molecule has 0 saturated heterocycles. The first-order valence-corrected chi connectivity index (χ1v) is 5.15. The van der Waals surface area contributed by atoms with E-state index in [0.717, 1.165) is 5.56 Å². The predicted molar refractivity (Wildman–Crippen MR) is 62.9 cm³/mol. The Balaban J connectivity index is 2.14. The SMILES string of the molecule is O=[N+]([O-])c1ccc2nc(-c3cccnc3)nn2c1. The number of hydrogen-bond donors (Lipinski definition) is 0. The standard InChI is InChI=1S/C11H7N5O2/c17-16(18)9-3-4-10-13-11(14-15(10)7-9)8-2-1-5-12-6-8/h1-7H. The number of rotatable bonds is 2. The fourth-order valence-electron chi connectivity index (χ4n) is 1.60. The zero-order chi connectivity index (χ0) is 12.5. The van der Waals surface area contributed by atoms with Gasteiger partial charge >= 0.3 is 0 Å². The molecule has 0 aliphatic heterocycles. The maximum Gasteiger partial charge on any atom is 0.287 e. The maximum atomic E-state index is 10.7. The van der Waals surface area contributed by atoms with Crippen LogP contribution in [-0.4, -0.2) is 24.5 Å². The Kier molecular flexibility index (Phi) is 2.23.